The van der Waals surface area contributed by atoms with Crippen LogP contribution in [0, 0.1) is 5.92 Å². The average Bonchev–Trinajstić information content (AvgIpc) is 2.30. The van der Waals surface area contributed by atoms with E-state index >= 15 is 0 Å². The van der Waals surface area contributed by atoms with Gasteiger partial charge in [0.2, 0.25) is 0 Å². The molecule has 15 heavy (non-hydrogen) atoms. The topological polar surface area (TPSA) is 17.1 Å². The fourth-order valence-electron chi connectivity index (χ4n) is 2.56. The zero-order valence-corrected chi connectivity index (χ0v) is 11.0. The van der Waals surface area contributed by atoms with Gasteiger partial charge in [0.25, 0.3) is 0 Å². The van der Waals surface area contributed by atoms with Gasteiger partial charge in [0.05, 0.1) is 5.25 Å². The van der Waals surface area contributed by atoms with Gasteiger partial charge >= 0.3 is 0 Å². The summed E-state index contributed by atoms with van der Waals surface area (Å²) in [6, 6.07) is 0. The quantitative estimate of drug-likeness (QED) is 0.741. The van der Waals surface area contributed by atoms with Crippen molar-refractivity contribution in [3.05, 3.63) is 0 Å². The van der Waals surface area contributed by atoms with Crippen LogP contribution in [0.4, 0.5) is 0 Å². The Labute approximate surface area is 101 Å². The summed E-state index contributed by atoms with van der Waals surface area (Å²) in [6.07, 6.45) is 6.21. The van der Waals surface area contributed by atoms with E-state index in [2.05, 4.69) is 6.92 Å². The lowest BCUT2D eigenvalue weighted by Gasteiger charge is -2.31. The van der Waals surface area contributed by atoms with E-state index in [0.29, 0.717) is 22.2 Å². The van der Waals surface area contributed by atoms with Crippen LogP contribution in [0.25, 0.3) is 0 Å². The summed E-state index contributed by atoms with van der Waals surface area (Å²) >= 11 is 3.88. The van der Waals surface area contributed by atoms with Crippen molar-refractivity contribution < 1.29 is 4.79 Å². The molecule has 2 unspecified atom stereocenters. The van der Waals surface area contributed by atoms with E-state index in [1.807, 2.05) is 23.5 Å². The van der Waals surface area contributed by atoms with Gasteiger partial charge in [-0.15, -0.1) is 11.8 Å². The molecule has 0 radical (unpaired) electrons. The zero-order chi connectivity index (χ0) is 10.7. The van der Waals surface area contributed by atoms with Crippen molar-refractivity contribution in [1.82, 2.24) is 0 Å². The first-order valence-corrected chi connectivity index (χ1v) is 8.15. The van der Waals surface area contributed by atoms with E-state index in [4.69, 9.17) is 0 Å². The van der Waals surface area contributed by atoms with Gasteiger partial charge in [-0.25, -0.2) is 0 Å². The van der Waals surface area contributed by atoms with E-state index in [1.54, 1.807) is 0 Å². The van der Waals surface area contributed by atoms with Crippen LogP contribution >= 0.6 is 23.5 Å². The molecule has 0 amide bonds. The molecule has 0 aromatic heterocycles. The van der Waals surface area contributed by atoms with Gasteiger partial charge in [0.15, 0.2) is 0 Å². The third kappa shape index (κ3) is 2.94. The maximum absolute atomic E-state index is 12.3. The van der Waals surface area contributed by atoms with E-state index in [-0.39, 0.29) is 0 Å². The minimum absolute atomic E-state index is 0.298. The van der Waals surface area contributed by atoms with Crippen LogP contribution in [-0.4, -0.2) is 27.8 Å². The Bertz CT molecular complexity index is 224. The largest absolute Gasteiger partial charge is 0.298 e. The number of ketones is 1. The van der Waals surface area contributed by atoms with Crippen LogP contribution in [0.5, 0.6) is 0 Å². The molecule has 0 spiro atoms. The highest BCUT2D eigenvalue weighted by atomic mass is 32.2. The summed E-state index contributed by atoms with van der Waals surface area (Å²) in [7, 11) is 0. The number of Topliss-reactive ketones (excluding diaryl/α,β-unsaturated/α-hetero) is 1. The first-order chi connectivity index (χ1) is 7.29. The summed E-state index contributed by atoms with van der Waals surface area (Å²) in [6.45, 7) is 2.22. The molecular formula is C12H20OS2. The van der Waals surface area contributed by atoms with Gasteiger partial charge in [0, 0.05) is 22.7 Å². The third-order valence-electron chi connectivity index (χ3n) is 3.48. The summed E-state index contributed by atoms with van der Waals surface area (Å²) in [5, 5.41) is 0.838. The second-order valence-electron chi connectivity index (χ2n) is 4.60. The number of rotatable bonds is 2. The lowest BCUT2D eigenvalue weighted by Crippen LogP contribution is -2.36. The molecule has 86 valence electrons. The van der Waals surface area contributed by atoms with Crippen LogP contribution in [-0.2, 0) is 4.79 Å². The molecule has 1 saturated heterocycles. The fourth-order valence-corrected chi connectivity index (χ4v) is 5.37. The lowest BCUT2D eigenvalue weighted by molar-refractivity contribution is -0.123. The first-order valence-electron chi connectivity index (χ1n) is 6.06. The van der Waals surface area contributed by atoms with Crippen molar-refractivity contribution in [3.8, 4) is 0 Å². The van der Waals surface area contributed by atoms with E-state index < -0.39 is 0 Å². The molecular weight excluding hydrogens is 224 g/mol. The number of thioether (sulfide) groups is 2. The van der Waals surface area contributed by atoms with E-state index in [0.717, 1.165) is 18.6 Å². The van der Waals surface area contributed by atoms with Crippen molar-refractivity contribution in [2.45, 2.75) is 49.5 Å². The second kappa shape index (κ2) is 5.62. The van der Waals surface area contributed by atoms with Gasteiger partial charge in [-0.2, -0.15) is 11.8 Å². The minimum atomic E-state index is 0.298. The van der Waals surface area contributed by atoms with Crippen molar-refractivity contribution in [2.24, 2.45) is 5.92 Å². The summed E-state index contributed by atoms with van der Waals surface area (Å²) in [5.74, 6) is 3.36. The summed E-state index contributed by atoms with van der Waals surface area (Å²) in [5.41, 5.74) is 0. The first kappa shape index (κ1) is 11.8. The Balaban J connectivity index is 1.92. The van der Waals surface area contributed by atoms with Crippen LogP contribution < -0.4 is 0 Å². The van der Waals surface area contributed by atoms with Crippen molar-refractivity contribution in [2.75, 3.05) is 11.5 Å². The van der Waals surface area contributed by atoms with Crippen LogP contribution in [0.1, 0.15) is 39.0 Å². The molecule has 2 fully saturated rings. The number of carbonyl (C=O) groups is 1. The molecule has 1 aliphatic carbocycles. The smallest absolute Gasteiger partial charge is 0.149 e. The SMILES string of the molecule is CC1SCCSC1C(=O)C1CCCCC1. The molecule has 0 N–H and O–H groups in total. The standard InChI is InChI=1S/C12H20OS2/c1-9-12(15-8-7-14-9)11(13)10-5-3-2-4-6-10/h9-10,12H,2-8H2,1H3. The molecule has 2 atom stereocenters. The molecule has 0 aromatic rings. The van der Waals surface area contributed by atoms with Gasteiger partial charge in [-0.3, -0.25) is 4.79 Å². The van der Waals surface area contributed by atoms with Gasteiger partial charge < -0.3 is 0 Å². The van der Waals surface area contributed by atoms with Crippen LogP contribution in [0.15, 0.2) is 0 Å². The highest BCUT2D eigenvalue weighted by Gasteiger charge is 2.33. The lowest BCUT2D eigenvalue weighted by atomic mass is 9.84. The molecule has 0 aromatic carbocycles. The Morgan fingerprint density at radius 3 is 2.40 bits per heavy atom. The minimum Gasteiger partial charge on any atom is -0.298 e. The monoisotopic (exact) mass is 244 g/mol. The second-order valence-corrected chi connectivity index (χ2v) is 7.34. The van der Waals surface area contributed by atoms with Crippen molar-refractivity contribution in [1.29, 1.82) is 0 Å². The molecule has 1 heterocycles. The molecule has 2 aliphatic rings. The molecule has 1 nitrogen and oxygen atoms in total. The highest BCUT2D eigenvalue weighted by molar-refractivity contribution is 8.07. The zero-order valence-electron chi connectivity index (χ0n) is 9.41. The molecule has 2 rings (SSSR count). The van der Waals surface area contributed by atoms with Crippen molar-refractivity contribution in [3.63, 3.8) is 0 Å². The number of hydrogen-bond donors (Lipinski definition) is 0. The fraction of sp³-hybridized carbons (Fsp3) is 0.917. The number of carbonyl (C=O) groups excluding carboxylic acids is 1. The molecule has 3 heteroatoms. The molecule has 1 saturated carbocycles. The Morgan fingerprint density at radius 2 is 1.73 bits per heavy atom. The van der Waals surface area contributed by atoms with Crippen LogP contribution in [0.3, 0.4) is 0 Å². The van der Waals surface area contributed by atoms with Crippen molar-refractivity contribution >= 4 is 29.3 Å². The number of hydrogen-bond acceptors (Lipinski definition) is 3. The predicted octanol–water partition coefficient (Wildman–Crippen LogP) is 3.37. The summed E-state index contributed by atoms with van der Waals surface area (Å²) < 4.78 is 0. The van der Waals surface area contributed by atoms with Crippen LogP contribution in [0.2, 0.25) is 0 Å². The van der Waals surface area contributed by atoms with E-state index in [9.17, 15) is 4.79 Å². The summed E-state index contributed by atoms with van der Waals surface area (Å²) in [4.78, 5) is 12.3. The Kier molecular flexibility index (Phi) is 4.44. The highest BCUT2D eigenvalue weighted by Crippen LogP contribution is 2.36. The molecule has 1 aliphatic heterocycles. The maximum Gasteiger partial charge on any atom is 0.149 e. The normalized spacial score (nSPS) is 33.9. The van der Waals surface area contributed by atoms with E-state index in [1.165, 1.54) is 25.0 Å². The molecule has 0 bridgehead atoms. The van der Waals surface area contributed by atoms with Gasteiger partial charge in [-0.1, -0.05) is 26.2 Å². The Hall–Kier alpha value is 0.370. The predicted molar refractivity (Wildman–Crippen MR) is 69.7 cm³/mol. The third-order valence-corrected chi connectivity index (χ3v) is 6.58. The van der Waals surface area contributed by atoms with Gasteiger partial charge in [0.1, 0.15) is 5.78 Å². The Morgan fingerprint density at radius 1 is 1.07 bits per heavy atom. The van der Waals surface area contributed by atoms with Gasteiger partial charge in [-0.05, 0) is 12.8 Å². The average molecular weight is 244 g/mol. The maximum atomic E-state index is 12.3.